The Bertz CT molecular complexity index is 683. The van der Waals surface area contributed by atoms with Crippen molar-refractivity contribution in [2.45, 2.75) is 44.2 Å². The molecule has 1 aromatic heterocycles. The van der Waals surface area contributed by atoms with Gasteiger partial charge in [-0.2, -0.15) is 0 Å². The van der Waals surface area contributed by atoms with Gasteiger partial charge < -0.3 is 20.1 Å². The Hall–Kier alpha value is -2.15. The number of nitrogens with zero attached hydrogens (tertiary/aromatic N) is 2. The van der Waals surface area contributed by atoms with Crippen LogP contribution >= 0.6 is 0 Å². The van der Waals surface area contributed by atoms with Crippen molar-refractivity contribution in [1.29, 1.82) is 0 Å². The number of hydrogen-bond acceptors (Lipinski definition) is 4. The second kappa shape index (κ2) is 6.87. The molecule has 3 fully saturated rings. The van der Waals surface area contributed by atoms with Gasteiger partial charge in [0.1, 0.15) is 0 Å². The van der Waals surface area contributed by atoms with Gasteiger partial charge in [0.25, 0.3) is 0 Å². The topological polar surface area (TPSA) is 91.8 Å². The minimum atomic E-state index is -0.751. The Morgan fingerprint density at radius 3 is 2.85 bits per heavy atom. The quantitative estimate of drug-likeness (QED) is 0.863. The minimum Gasteiger partial charge on any atom is -0.481 e. The first kappa shape index (κ1) is 17.3. The van der Waals surface area contributed by atoms with Gasteiger partial charge in [-0.1, -0.05) is 6.42 Å². The smallest absolute Gasteiger partial charge is 0.317 e. The number of aromatic nitrogens is 1. The van der Waals surface area contributed by atoms with E-state index in [1.54, 1.807) is 17.3 Å². The maximum atomic E-state index is 12.7. The first-order valence-electron chi connectivity index (χ1n) is 9.39. The molecule has 2 saturated heterocycles. The number of ether oxygens (including phenoxy) is 1. The molecule has 2 unspecified atom stereocenters. The zero-order valence-electron chi connectivity index (χ0n) is 14.8. The summed E-state index contributed by atoms with van der Waals surface area (Å²) in [6.45, 7) is 1.48. The van der Waals surface area contributed by atoms with Crippen molar-refractivity contribution in [3.05, 3.63) is 30.1 Å². The van der Waals surface area contributed by atoms with Crippen molar-refractivity contribution in [2.75, 3.05) is 19.7 Å². The van der Waals surface area contributed by atoms with E-state index in [2.05, 4.69) is 10.3 Å². The molecule has 2 aliphatic heterocycles. The van der Waals surface area contributed by atoms with Crippen LogP contribution < -0.4 is 5.32 Å². The Labute approximate surface area is 152 Å². The van der Waals surface area contributed by atoms with E-state index in [-0.39, 0.29) is 24.1 Å². The van der Waals surface area contributed by atoms with Gasteiger partial charge in [0.05, 0.1) is 11.5 Å². The summed E-state index contributed by atoms with van der Waals surface area (Å²) in [5.74, 6) is -0.663. The van der Waals surface area contributed by atoms with Crippen LogP contribution in [-0.2, 0) is 9.53 Å². The van der Waals surface area contributed by atoms with Gasteiger partial charge in [0.2, 0.25) is 0 Å². The van der Waals surface area contributed by atoms with Crippen molar-refractivity contribution in [3.8, 4) is 0 Å². The lowest BCUT2D eigenvalue weighted by molar-refractivity contribution is -0.149. The highest BCUT2D eigenvalue weighted by molar-refractivity contribution is 5.80. The average molecular weight is 359 g/mol. The molecule has 7 heteroatoms. The maximum absolute atomic E-state index is 12.7. The van der Waals surface area contributed by atoms with Crippen molar-refractivity contribution < 1.29 is 19.4 Å². The molecule has 7 nitrogen and oxygen atoms in total. The van der Waals surface area contributed by atoms with E-state index < -0.39 is 11.4 Å². The third-order valence-electron chi connectivity index (χ3n) is 6.27. The number of urea groups is 1. The molecule has 0 radical (unpaired) electrons. The molecule has 0 spiro atoms. The first-order chi connectivity index (χ1) is 12.6. The number of carbonyl (C=O) groups is 2. The molecule has 4 atom stereocenters. The minimum absolute atomic E-state index is 0.0376. The number of amides is 2. The number of fused-ring (bicyclic) bond motifs is 1. The summed E-state index contributed by atoms with van der Waals surface area (Å²) < 4.78 is 5.84. The van der Waals surface area contributed by atoms with Gasteiger partial charge in [-0.3, -0.25) is 9.78 Å². The van der Waals surface area contributed by atoms with Crippen molar-refractivity contribution in [1.82, 2.24) is 15.2 Å². The molecular formula is C19H25N3O4. The number of nitrogens with one attached hydrogen (secondary N) is 1. The lowest BCUT2D eigenvalue weighted by Crippen LogP contribution is -2.47. The number of aliphatic carboxylic acids is 1. The molecule has 0 aromatic carbocycles. The fraction of sp³-hybridized carbons (Fsp3) is 0.632. The van der Waals surface area contributed by atoms with Crippen LogP contribution in [0.5, 0.6) is 0 Å². The standard InChI is InChI=1S/C19H25N3O4/c23-17(24)19-6-1-2-14(19)11-22(12-19)18(25)21-15-5-9-26-16(10-15)13-3-7-20-8-4-13/h3-4,7-8,14-16H,1-2,5-6,9-12H2,(H,21,25)(H,23,24)/t14-,15?,16?,19+/m0/s1. The van der Waals surface area contributed by atoms with Crippen LogP contribution in [0.1, 0.15) is 43.8 Å². The highest BCUT2D eigenvalue weighted by Gasteiger charge is 2.55. The summed E-state index contributed by atoms with van der Waals surface area (Å²) in [4.78, 5) is 30.2. The Kier molecular flexibility index (Phi) is 4.56. The van der Waals surface area contributed by atoms with Gasteiger partial charge in [-0.15, -0.1) is 0 Å². The van der Waals surface area contributed by atoms with Crippen LogP contribution in [0.15, 0.2) is 24.5 Å². The lowest BCUT2D eigenvalue weighted by Gasteiger charge is -2.32. The van der Waals surface area contributed by atoms with Crippen molar-refractivity contribution in [3.63, 3.8) is 0 Å². The fourth-order valence-electron chi connectivity index (χ4n) is 4.80. The highest BCUT2D eigenvalue weighted by Crippen LogP contribution is 2.48. The summed E-state index contributed by atoms with van der Waals surface area (Å²) >= 11 is 0. The van der Waals surface area contributed by atoms with E-state index >= 15 is 0 Å². The Morgan fingerprint density at radius 1 is 1.31 bits per heavy atom. The van der Waals surface area contributed by atoms with Gasteiger partial charge >= 0.3 is 12.0 Å². The molecule has 3 heterocycles. The predicted octanol–water partition coefficient (Wildman–Crippen LogP) is 2.20. The van der Waals surface area contributed by atoms with Crippen LogP contribution in [0, 0.1) is 11.3 Å². The number of pyridine rings is 1. The predicted molar refractivity (Wildman–Crippen MR) is 93.5 cm³/mol. The van der Waals surface area contributed by atoms with Crippen LogP contribution in [0.25, 0.3) is 0 Å². The second-order valence-corrected chi connectivity index (χ2v) is 7.74. The molecule has 4 rings (SSSR count). The molecule has 2 amide bonds. The van der Waals surface area contributed by atoms with Crippen molar-refractivity contribution >= 4 is 12.0 Å². The van der Waals surface area contributed by atoms with Gasteiger partial charge in [0.15, 0.2) is 0 Å². The zero-order valence-corrected chi connectivity index (χ0v) is 14.8. The molecule has 1 saturated carbocycles. The molecule has 140 valence electrons. The van der Waals surface area contributed by atoms with Crippen LogP contribution in [0.4, 0.5) is 4.79 Å². The summed E-state index contributed by atoms with van der Waals surface area (Å²) in [5, 5.41) is 12.8. The summed E-state index contributed by atoms with van der Waals surface area (Å²) in [5.41, 5.74) is 0.339. The SMILES string of the molecule is O=C(NC1CCOC(c2ccncc2)C1)N1C[C@@H]2CCC[C@@]2(C(=O)O)C1. The molecule has 3 aliphatic rings. The molecule has 0 bridgehead atoms. The van der Waals surface area contributed by atoms with E-state index in [1.165, 1.54) is 0 Å². The first-order valence-corrected chi connectivity index (χ1v) is 9.39. The van der Waals surface area contributed by atoms with E-state index in [1.807, 2.05) is 12.1 Å². The summed E-state index contributed by atoms with van der Waals surface area (Å²) in [7, 11) is 0. The third-order valence-corrected chi connectivity index (χ3v) is 6.27. The summed E-state index contributed by atoms with van der Waals surface area (Å²) in [6.07, 6.45) is 7.46. The molecule has 1 aromatic rings. The number of hydrogen-bond donors (Lipinski definition) is 2. The molecular weight excluding hydrogens is 334 g/mol. The van der Waals surface area contributed by atoms with E-state index in [9.17, 15) is 14.7 Å². The number of carboxylic acid groups (broad SMARTS) is 1. The number of likely N-dealkylation sites (tertiary alicyclic amines) is 1. The van der Waals surface area contributed by atoms with Crippen LogP contribution in [0.3, 0.4) is 0 Å². The Morgan fingerprint density at radius 2 is 2.12 bits per heavy atom. The number of rotatable bonds is 3. The number of carboxylic acids is 1. The lowest BCUT2D eigenvalue weighted by atomic mass is 9.81. The van der Waals surface area contributed by atoms with E-state index in [0.717, 1.165) is 31.2 Å². The molecule has 1 aliphatic carbocycles. The zero-order chi connectivity index (χ0) is 18.1. The maximum Gasteiger partial charge on any atom is 0.317 e. The number of carbonyl (C=O) groups excluding carboxylic acids is 1. The van der Waals surface area contributed by atoms with Gasteiger partial charge in [-0.05, 0) is 49.3 Å². The largest absolute Gasteiger partial charge is 0.481 e. The Balaban J connectivity index is 1.37. The van der Waals surface area contributed by atoms with E-state index in [4.69, 9.17) is 4.74 Å². The third kappa shape index (κ3) is 3.05. The van der Waals surface area contributed by atoms with Gasteiger partial charge in [-0.25, -0.2) is 4.79 Å². The monoisotopic (exact) mass is 359 g/mol. The fourth-order valence-corrected chi connectivity index (χ4v) is 4.80. The van der Waals surface area contributed by atoms with Crippen LogP contribution in [0.2, 0.25) is 0 Å². The highest BCUT2D eigenvalue weighted by atomic mass is 16.5. The molecule has 2 N–H and O–H groups in total. The summed E-state index contributed by atoms with van der Waals surface area (Å²) in [6, 6.07) is 3.77. The van der Waals surface area contributed by atoms with Crippen molar-refractivity contribution in [2.24, 2.45) is 11.3 Å². The van der Waals surface area contributed by atoms with E-state index in [0.29, 0.717) is 26.1 Å². The average Bonchev–Trinajstić information content (AvgIpc) is 3.21. The molecule has 26 heavy (non-hydrogen) atoms. The van der Waals surface area contributed by atoms with Crippen LogP contribution in [-0.4, -0.2) is 52.7 Å². The normalized spacial score (nSPS) is 33.7. The second-order valence-electron chi connectivity index (χ2n) is 7.74. The van der Waals surface area contributed by atoms with Gasteiger partial charge in [0, 0.05) is 38.1 Å².